The van der Waals surface area contributed by atoms with Crippen LogP contribution in [0.25, 0.3) is 0 Å². The molecule has 1 aliphatic heterocycles. The zero-order valence-corrected chi connectivity index (χ0v) is 11.2. The minimum absolute atomic E-state index is 0.215. The summed E-state index contributed by atoms with van der Waals surface area (Å²) in [7, 11) is 0. The van der Waals surface area contributed by atoms with Crippen molar-refractivity contribution in [2.45, 2.75) is 31.8 Å². The van der Waals surface area contributed by atoms with Gasteiger partial charge >= 0.3 is 5.97 Å². The number of carboxylic acids is 1. The van der Waals surface area contributed by atoms with Crippen LogP contribution in [0.3, 0.4) is 0 Å². The molecule has 0 amide bonds. The molecule has 0 saturated carbocycles. The second kappa shape index (κ2) is 5.36. The molecule has 1 aliphatic rings. The lowest BCUT2D eigenvalue weighted by atomic mass is 9.98. The summed E-state index contributed by atoms with van der Waals surface area (Å²) in [6, 6.07) is 1.65. The molecule has 1 aromatic rings. The minimum Gasteiger partial charge on any atom is -0.478 e. The number of carboxylic acid groups (broad SMARTS) is 1. The Bertz CT molecular complexity index is 508. The van der Waals surface area contributed by atoms with Gasteiger partial charge < -0.3 is 15.1 Å². The van der Waals surface area contributed by atoms with Gasteiger partial charge in [-0.1, -0.05) is 0 Å². The molecular weight excluding hydrogens is 268 g/mol. The van der Waals surface area contributed by atoms with Crippen LogP contribution in [-0.4, -0.2) is 34.9 Å². The van der Waals surface area contributed by atoms with Crippen molar-refractivity contribution in [3.63, 3.8) is 0 Å². The largest absolute Gasteiger partial charge is 0.478 e. The lowest BCUT2D eigenvalue weighted by Crippen LogP contribution is -2.29. The van der Waals surface area contributed by atoms with E-state index < -0.39 is 28.8 Å². The molecule has 1 heterocycles. The van der Waals surface area contributed by atoms with E-state index >= 15 is 0 Å². The Morgan fingerprint density at radius 1 is 1.25 bits per heavy atom. The van der Waals surface area contributed by atoms with Crippen molar-refractivity contribution in [3.8, 4) is 0 Å². The number of rotatable bonds is 2. The maximum Gasteiger partial charge on any atom is 0.335 e. The Hall–Kier alpha value is -1.69. The smallest absolute Gasteiger partial charge is 0.335 e. The molecule has 1 fully saturated rings. The van der Waals surface area contributed by atoms with Gasteiger partial charge in [-0.05, 0) is 38.3 Å². The molecule has 2 N–H and O–H groups in total. The molecule has 0 bridgehead atoms. The average Bonchev–Trinajstić information content (AvgIpc) is 2.50. The third-order valence-electron chi connectivity index (χ3n) is 3.64. The van der Waals surface area contributed by atoms with Crippen LogP contribution in [0.2, 0.25) is 0 Å². The monoisotopic (exact) mass is 285 g/mol. The number of halogens is 2. The summed E-state index contributed by atoms with van der Waals surface area (Å²) in [5.74, 6) is -3.14. The van der Waals surface area contributed by atoms with Crippen LogP contribution in [0.4, 0.5) is 14.5 Å². The van der Waals surface area contributed by atoms with Crippen molar-refractivity contribution >= 4 is 11.7 Å². The quantitative estimate of drug-likeness (QED) is 0.876. The second-order valence-corrected chi connectivity index (χ2v) is 5.43. The summed E-state index contributed by atoms with van der Waals surface area (Å²) in [5, 5.41) is 18.8. The molecule has 110 valence electrons. The van der Waals surface area contributed by atoms with E-state index in [4.69, 9.17) is 5.11 Å². The lowest BCUT2D eigenvalue weighted by molar-refractivity contribution is 0.0481. The van der Waals surface area contributed by atoms with Crippen LogP contribution >= 0.6 is 0 Å². The molecule has 0 spiro atoms. The predicted molar refractivity (Wildman–Crippen MR) is 70.0 cm³/mol. The van der Waals surface area contributed by atoms with Crippen molar-refractivity contribution in [2.24, 2.45) is 0 Å². The fraction of sp³-hybridized carbons (Fsp3) is 0.500. The first kappa shape index (κ1) is 14.7. The van der Waals surface area contributed by atoms with Crippen LogP contribution in [0.5, 0.6) is 0 Å². The summed E-state index contributed by atoms with van der Waals surface area (Å²) >= 11 is 0. The normalized spacial score (nSPS) is 23.5. The topological polar surface area (TPSA) is 60.8 Å². The Morgan fingerprint density at radius 2 is 1.85 bits per heavy atom. The van der Waals surface area contributed by atoms with E-state index in [0.717, 1.165) is 12.1 Å². The van der Waals surface area contributed by atoms with Gasteiger partial charge in [0.05, 0.1) is 11.2 Å². The van der Waals surface area contributed by atoms with Crippen molar-refractivity contribution in [1.29, 1.82) is 0 Å². The number of aliphatic hydroxyl groups is 1. The van der Waals surface area contributed by atoms with Crippen molar-refractivity contribution in [3.05, 3.63) is 29.3 Å². The molecule has 4 nitrogen and oxygen atoms in total. The first-order chi connectivity index (χ1) is 9.30. The summed E-state index contributed by atoms with van der Waals surface area (Å²) in [6.45, 7) is 2.46. The number of nitrogens with zero attached hydrogens (tertiary/aromatic N) is 1. The lowest BCUT2D eigenvalue weighted by Gasteiger charge is -2.25. The van der Waals surface area contributed by atoms with Gasteiger partial charge in [0.1, 0.15) is 17.3 Å². The molecule has 1 unspecified atom stereocenters. The summed E-state index contributed by atoms with van der Waals surface area (Å²) in [6.07, 6.45) is 1.60. The van der Waals surface area contributed by atoms with E-state index in [1.165, 1.54) is 4.90 Å². The van der Waals surface area contributed by atoms with Gasteiger partial charge in [-0.2, -0.15) is 0 Å². The summed E-state index contributed by atoms with van der Waals surface area (Å²) in [5.41, 5.74) is -1.46. The predicted octanol–water partition coefficient (Wildman–Crippen LogP) is 2.40. The second-order valence-electron chi connectivity index (χ2n) is 5.43. The average molecular weight is 285 g/mol. The van der Waals surface area contributed by atoms with Crippen molar-refractivity contribution in [1.82, 2.24) is 0 Å². The minimum atomic E-state index is -1.37. The Kier molecular flexibility index (Phi) is 3.94. The summed E-state index contributed by atoms with van der Waals surface area (Å²) < 4.78 is 27.9. The zero-order valence-electron chi connectivity index (χ0n) is 11.2. The highest BCUT2D eigenvalue weighted by Crippen LogP contribution is 2.29. The van der Waals surface area contributed by atoms with E-state index in [2.05, 4.69) is 0 Å². The van der Waals surface area contributed by atoms with Crippen molar-refractivity contribution in [2.75, 3.05) is 18.0 Å². The summed E-state index contributed by atoms with van der Waals surface area (Å²) in [4.78, 5) is 12.3. The molecule has 1 saturated heterocycles. The van der Waals surface area contributed by atoms with Crippen LogP contribution < -0.4 is 4.90 Å². The fourth-order valence-corrected chi connectivity index (χ4v) is 2.48. The van der Waals surface area contributed by atoms with Crippen LogP contribution in [-0.2, 0) is 0 Å². The highest BCUT2D eigenvalue weighted by molar-refractivity contribution is 5.88. The SMILES string of the molecule is CC1(O)CCCN(c2c(F)cc(C(=O)O)cc2F)CC1. The Morgan fingerprint density at radius 3 is 2.40 bits per heavy atom. The number of aromatic carboxylic acids is 1. The molecule has 20 heavy (non-hydrogen) atoms. The molecule has 6 heteroatoms. The third kappa shape index (κ3) is 3.07. The number of hydrogen-bond acceptors (Lipinski definition) is 3. The van der Waals surface area contributed by atoms with Gasteiger partial charge in [-0.3, -0.25) is 0 Å². The van der Waals surface area contributed by atoms with Crippen LogP contribution in [0.15, 0.2) is 12.1 Å². The third-order valence-corrected chi connectivity index (χ3v) is 3.64. The van der Waals surface area contributed by atoms with E-state index in [1.54, 1.807) is 6.92 Å². The maximum atomic E-state index is 14.0. The molecule has 2 rings (SSSR count). The Labute approximate surface area is 115 Å². The van der Waals surface area contributed by atoms with Crippen molar-refractivity contribution < 1.29 is 23.8 Å². The fourth-order valence-electron chi connectivity index (χ4n) is 2.48. The van der Waals surface area contributed by atoms with E-state index in [-0.39, 0.29) is 5.69 Å². The number of benzene rings is 1. The highest BCUT2D eigenvalue weighted by atomic mass is 19.1. The van der Waals surface area contributed by atoms with Gasteiger partial charge in [0, 0.05) is 13.1 Å². The number of carbonyl (C=O) groups is 1. The Balaban J connectivity index is 2.31. The molecule has 1 atom stereocenters. The van der Waals surface area contributed by atoms with E-state index in [0.29, 0.717) is 32.4 Å². The van der Waals surface area contributed by atoms with E-state index in [1.807, 2.05) is 0 Å². The van der Waals surface area contributed by atoms with Gasteiger partial charge in [-0.25, -0.2) is 13.6 Å². The van der Waals surface area contributed by atoms with Crippen LogP contribution in [0.1, 0.15) is 36.5 Å². The number of hydrogen-bond donors (Lipinski definition) is 2. The standard InChI is InChI=1S/C14H17F2NO3/c1-14(20)3-2-5-17(6-4-14)12-10(15)7-9(13(18)19)8-11(12)16/h7-8,20H,2-6H2,1H3,(H,18,19). The van der Waals surface area contributed by atoms with E-state index in [9.17, 15) is 18.7 Å². The first-order valence-electron chi connectivity index (χ1n) is 6.50. The molecule has 1 aromatic carbocycles. The van der Waals surface area contributed by atoms with Crippen LogP contribution in [0, 0.1) is 11.6 Å². The number of anilines is 1. The van der Waals surface area contributed by atoms with Gasteiger partial charge in [-0.15, -0.1) is 0 Å². The molecule has 0 aliphatic carbocycles. The molecule has 0 radical (unpaired) electrons. The zero-order chi connectivity index (χ0) is 14.9. The van der Waals surface area contributed by atoms with Gasteiger partial charge in [0.25, 0.3) is 0 Å². The highest BCUT2D eigenvalue weighted by Gasteiger charge is 2.28. The molecule has 0 aromatic heterocycles. The maximum absolute atomic E-state index is 14.0. The molecular formula is C14H17F2NO3. The first-order valence-corrected chi connectivity index (χ1v) is 6.50. The van der Waals surface area contributed by atoms with Gasteiger partial charge in [0.2, 0.25) is 0 Å². The van der Waals surface area contributed by atoms with Gasteiger partial charge in [0.15, 0.2) is 0 Å².